The highest BCUT2D eigenvalue weighted by molar-refractivity contribution is 7.32. The third-order valence-electron chi connectivity index (χ3n) is 3.34. The molecule has 0 amide bonds. The fraction of sp³-hybridized carbons (Fsp3) is 1.00. The summed E-state index contributed by atoms with van der Waals surface area (Å²) < 4.78 is 0. The molecule has 0 aromatic heterocycles. The zero-order chi connectivity index (χ0) is 8.20. The number of hydrogen-bond donors (Lipinski definition) is 0. The van der Waals surface area contributed by atoms with Crippen LogP contribution in [-0.4, -0.2) is 15.9 Å². The first kappa shape index (κ1) is 14.3. The first-order chi connectivity index (χ1) is 4.63. The van der Waals surface area contributed by atoms with Crippen LogP contribution in [0.15, 0.2) is 0 Å². The summed E-state index contributed by atoms with van der Waals surface area (Å²) in [5.41, 5.74) is 0. The topological polar surface area (TPSA) is 0 Å². The van der Waals surface area contributed by atoms with Gasteiger partial charge in [0.2, 0.25) is 0 Å². The van der Waals surface area contributed by atoms with Crippen LogP contribution in [0.2, 0.25) is 31.2 Å². The van der Waals surface area contributed by atoms with Crippen LogP contribution < -0.4 is 0 Å². The van der Waals surface area contributed by atoms with E-state index in [0.29, 0.717) is 0 Å². The Balaban J connectivity index is 0. The van der Waals surface area contributed by atoms with Gasteiger partial charge in [-0.15, -0.1) is 12.4 Å². The van der Waals surface area contributed by atoms with E-state index in [1.165, 1.54) is 18.1 Å². The second-order valence-electron chi connectivity index (χ2n) is 3.58. The Labute approximate surface area is 80.6 Å². The van der Waals surface area contributed by atoms with Gasteiger partial charge < -0.3 is 0 Å². The van der Waals surface area contributed by atoms with Crippen molar-refractivity contribution in [1.82, 2.24) is 0 Å². The Bertz CT molecular complexity index is 81.8. The fourth-order valence-corrected chi connectivity index (χ4v) is 13.3. The van der Waals surface area contributed by atoms with Gasteiger partial charge in [-0.2, -0.15) is 0 Å². The van der Waals surface area contributed by atoms with Gasteiger partial charge in [0.25, 0.3) is 0 Å². The molecule has 0 aliphatic carbocycles. The summed E-state index contributed by atoms with van der Waals surface area (Å²) in [6, 6.07) is 4.59. The molecule has 70 valence electrons. The molecule has 0 nitrogen and oxygen atoms in total. The molecule has 11 heavy (non-hydrogen) atoms. The van der Waals surface area contributed by atoms with E-state index in [0.717, 1.165) is 0 Å². The maximum absolute atomic E-state index is 2.54. The van der Waals surface area contributed by atoms with Gasteiger partial charge in [-0.1, -0.05) is 52.0 Å². The molecule has 3 heteroatoms. The summed E-state index contributed by atoms with van der Waals surface area (Å²) in [6.07, 6.45) is 0. The molecule has 0 aliphatic rings. The van der Waals surface area contributed by atoms with Gasteiger partial charge in [0.05, 0.1) is 0 Å². The van der Waals surface area contributed by atoms with Crippen LogP contribution in [0.4, 0.5) is 0 Å². The Morgan fingerprint density at radius 1 is 0.909 bits per heavy atom. The minimum atomic E-state index is -0.656. The van der Waals surface area contributed by atoms with Crippen LogP contribution in [0.5, 0.6) is 0 Å². The van der Waals surface area contributed by atoms with Gasteiger partial charge in [0, 0.05) is 15.9 Å². The van der Waals surface area contributed by atoms with E-state index in [9.17, 15) is 0 Å². The van der Waals surface area contributed by atoms with E-state index in [4.69, 9.17) is 0 Å². The smallest absolute Gasteiger partial charge is 0.0427 e. The predicted molar refractivity (Wildman–Crippen MR) is 63.3 cm³/mol. The van der Waals surface area contributed by atoms with Crippen LogP contribution in [0, 0.1) is 0 Å². The monoisotopic (exact) mass is 210 g/mol. The molecule has 0 fully saturated rings. The average molecular weight is 211 g/mol. The number of hydrogen-bond acceptors (Lipinski definition) is 0. The van der Waals surface area contributed by atoms with Crippen molar-refractivity contribution < 1.29 is 0 Å². The van der Waals surface area contributed by atoms with Crippen LogP contribution in [0.1, 0.15) is 20.8 Å². The zero-order valence-electron chi connectivity index (χ0n) is 8.61. The lowest BCUT2D eigenvalue weighted by Gasteiger charge is -2.31. The molecule has 0 rings (SSSR count). The van der Waals surface area contributed by atoms with Crippen molar-refractivity contribution in [1.29, 1.82) is 0 Å². The van der Waals surface area contributed by atoms with Gasteiger partial charge in [-0.25, -0.2) is 0 Å². The molecule has 0 atom stereocenters. The number of rotatable bonds is 4. The van der Waals surface area contributed by atoms with Crippen LogP contribution in [0.25, 0.3) is 0 Å². The van der Waals surface area contributed by atoms with E-state index < -0.39 is 7.59 Å². The van der Waals surface area contributed by atoms with Gasteiger partial charge >= 0.3 is 0 Å². The quantitative estimate of drug-likeness (QED) is 0.624. The Kier molecular flexibility index (Phi) is 8.12. The summed E-state index contributed by atoms with van der Waals surface area (Å²) in [5.74, 6) is 0. The minimum Gasteiger partial charge on any atom is -0.147 e. The molecular weight excluding hydrogens is 188 g/mol. The van der Waals surface area contributed by atoms with Crippen molar-refractivity contribution in [2.24, 2.45) is 0 Å². The van der Waals surface area contributed by atoms with E-state index in [2.05, 4.69) is 33.9 Å². The summed E-state index contributed by atoms with van der Waals surface area (Å²) in [7, 11) is -0.938. The summed E-state index contributed by atoms with van der Waals surface area (Å²) >= 11 is 0. The Morgan fingerprint density at radius 2 is 1.18 bits per heavy atom. The molecule has 0 unspecified atom stereocenters. The molecule has 0 aliphatic heterocycles. The Morgan fingerprint density at radius 3 is 1.18 bits per heavy atom. The highest BCUT2D eigenvalue weighted by Crippen LogP contribution is 2.22. The normalized spacial score (nSPS) is 11.5. The molecule has 0 aromatic rings. The van der Waals surface area contributed by atoms with Crippen LogP contribution >= 0.6 is 12.4 Å². The third-order valence-corrected chi connectivity index (χ3v) is 21.0. The number of halogens is 1. The molecule has 0 heterocycles. The molecule has 0 spiro atoms. The molecular formula is C8H23ClSi2. The minimum absolute atomic E-state index is 0. The van der Waals surface area contributed by atoms with E-state index >= 15 is 0 Å². The molecule has 0 bridgehead atoms. The Hall–Kier alpha value is 0.724. The lowest BCUT2D eigenvalue weighted by Crippen LogP contribution is -2.45. The average Bonchev–Trinajstić information content (AvgIpc) is 1.92. The van der Waals surface area contributed by atoms with Crippen molar-refractivity contribution in [2.45, 2.75) is 52.0 Å². The van der Waals surface area contributed by atoms with Gasteiger partial charge in [-0.3, -0.25) is 0 Å². The summed E-state index contributed by atoms with van der Waals surface area (Å²) in [4.78, 5) is 0. The van der Waals surface area contributed by atoms with Crippen molar-refractivity contribution in [3.63, 3.8) is 0 Å². The second-order valence-corrected chi connectivity index (χ2v) is 17.9. The molecule has 0 saturated carbocycles. The molecule has 0 radical (unpaired) electrons. The molecule has 0 aromatic carbocycles. The lowest BCUT2D eigenvalue weighted by atomic mass is 10.9. The summed E-state index contributed by atoms with van der Waals surface area (Å²) in [6.45, 7) is 12.3. The predicted octanol–water partition coefficient (Wildman–Crippen LogP) is 3.48. The SMILES string of the molecule is CC[Si](CC)(CC)[SiH](C)C.Cl. The molecule has 0 N–H and O–H groups in total. The van der Waals surface area contributed by atoms with Crippen molar-refractivity contribution in [3.8, 4) is 0 Å². The van der Waals surface area contributed by atoms with Crippen molar-refractivity contribution in [2.75, 3.05) is 0 Å². The third kappa shape index (κ3) is 3.30. The van der Waals surface area contributed by atoms with Crippen molar-refractivity contribution in [3.05, 3.63) is 0 Å². The van der Waals surface area contributed by atoms with Crippen molar-refractivity contribution >= 4 is 28.3 Å². The maximum Gasteiger partial charge on any atom is 0.0427 e. The maximum atomic E-state index is 2.54. The van der Waals surface area contributed by atoms with Gasteiger partial charge in [0.1, 0.15) is 0 Å². The highest BCUT2D eigenvalue weighted by Gasteiger charge is 2.30. The molecule has 0 saturated heterocycles. The van der Waals surface area contributed by atoms with Gasteiger partial charge in [-0.05, 0) is 0 Å². The summed E-state index contributed by atoms with van der Waals surface area (Å²) in [5, 5.41) is 0. The second kappa shape index (κ2) is 6.26. The standard InChI is InChI=1S/C8H22Si2.ClH/c1-6-10(7-2,8-3)9(4)5;/h9H,6-8H2,1-5H3;1H. The van der Waals surface area contributed by atoms with Gasteiger partial charge in [0.15, 0.2) is 0 Å². The fourth-order valence-electron chi connectivity index (χ4n) is 1.97. The largest absolute Gasteiger partial charge is 0.147 e. The van der Waals surface area contributed by atoms with Crippen LogP contribution in [-0.2, 0) is 0 Å². The first-order valence-electron chi connectivity index (χ1n) is 4.63. The lowest BCUT2D eigenvalue weighted by molar-refractivity contribution is 1.21. The first-order valence-corrected chi connectivity index (χ1v) is 11.4. The zero-order valence-corrected chi connectivity index (χ0v) is 11.6. The van der Waals surface area contributed by atoms with E-state index in [1.54, 1.807) is 0 Å². The van der Waals surface area contributed by atoms with E-state index in [-0.39, 0.29) is 20.7 Å². The van der Waals surface area contributed by atoms with E-state index in [1.807, 2.05) is 0 Å². The van der Waals surface area contributed by atoms with Crippen LogP contribution in [0.3, 0.4) is 0 Å². The highest BCUT2D eigenvalue weighted by atomic mass is 35.5.